The van der Waals surface area contributed by atoms with E-state index in [2.05, 4.69) is 23.9 Å². The van der Waals surface area contributed by atoms with E-state index in [1.807, 2.05) is 0 Å². The number of sulfonamides is 1. The lowest BCUT2D eigenvalue weighted by Gasteiger charge is -2.35. The molecule has 3 rings (SSSR count). The molecule has 2 aliphatic rings. The summed E-state index contributed by atoms with van der Waals surface area (Å²) in [6, 6.07) is 4.40. The zero-order chi connectivity index (χ0) is 23.3. The molecule has 10 heteroatoms. The Morgan fingerprint density at radius 3 is 2.62 bits per heavy atom. The highest BCUT2D eigenvalue weighted by molar-refractivity contribution is 7.89. The number of benzene rings is 1. The van der Waals surface area contributed by atoms with Crippen LogP contribution in [-0.2, 0) is 24.3 Å². The van der Waals surface area contributed by atoms with Crippen molar-refractivity contribution in [2.45, 2.75) is 63.5 Å². The second kappa shape index (κ2) is 10.5. The summed E-state index contributed by atoms with van der Waals surface area (Å²) < 4.78 is 43.3. The number of ether oxygens (including phenoxy) is 3. The minimum Gasteiger partial charge on any atom is -0.486 e. The second-order valence-corrected chi connectivity index (χ2v) is 10.2. The van der Waals surface area contributed by atoms with Crippen molar-refractivity contribution in [1.29, 1.82) is 0 Å². The maximum atomic E-state index is 12.5. The van der Waals surface area contributed by atoms with Gasteiger partial charge >= 0.3 is 5.97 Å². The van der Waals surface area contributed by atoms with Crippen molar-refractivity contribution in [2.24, 2.45) is 11.8 Å². The molecule has 9 nitrogen and oxygen atoms in total. The van der Waals surface area contributed by atoms with Crippen molar-refractivity contribution in [1.82, 2.24) is 10.0 Å². The zero-order valence-electron chi connectivity index (χ0n) is 18.8. The number of fused-ring (bicyclic) bond motifs is 1. The van der Waals surface area contributed by atoms with Crippen molar-refractivity contribution in [3.63, 3.8) is 0 Å². The lowest BCUT2D eigenvalue weighted by Crippen LogP contribution is -2.47. The molecule has 0 unspecified atom stereocenters. The monoisotopic (exact) mass is 468 g/mol. The number of hydrogen-bond donors (Lipinski definition) is 2. The van der Waals surface area contributed by atoms with Gasteiger partial charge < -0.3 is 19.5 Å². The van der Waals surface area contributed by atoms with Gasteiger partial charge in [-0.2, -0.15) is 0 Å². The lowest BCUT2D eigenvalue weighted by molar-refractivity contribution is -0.155. The summed E-state index contributed by atoms with van der Waals surface area (Å²) in [5, 5.41) is 2.98. The third-order valence-corrected chi connectivity index (χ3v) is 7.62. The first-order valence-electron chi connectivity index (χ1n) is 11.1. The fourth-order valence-electron chi connectivity index (χ4n) is 3.96. The number of carbonyl (C=O) groups excluding carboxylic acids is 2. The molecule has 32 heavy (non-hydrogen) atoms. The Morgan fingerprint density at radius 1 is 1.16 bits per heavy atom. The molecular formula is C22H32N2O7S. The van der Waals surface area contributed by atoms with Gasteiger partial charge in [-0.05, 0) is 37.3 Å². The largest absolute Gasteiger partial charge is 0.486 e. The average molecular weight is 469 g/mol. The van der Waals surface area contributed by atoms with Crippen LogP contribution in [0.2, 0.25) is 0 Å². The fourth-order valence-corrected chi connectivity index (χ4v) is 5.00. The molecule has 1 aromatic rings. The fraction of sp³-hybridized carbons (Fsp3) is 0.636. The molecule has 1 aliphatic heterocycles. The Labute approximate surface area is 189 Å². The maximum Gasteiger partial charge on any atom is 0.307 e. The normalized spacial score (nSPS) is 23.8. The highest BCUT2D eigenvalue weighted by Crippen LogP contribution is 2.32. The van der Waals surface area contributed by atoms with Gasteiger partial charge in [-0.25, -0.2) is 13.1 Å². The van der Waals surface area contributed by atoms with E-state index in [-0.39, 0.29) is 29.8 Å². The Balaban J connectivity index is 1.44. The molecule has 4 atom stereocenters. The Hall–Kier alpha value is -2.33. The molecule has 1 aliphatic carbocycles. The van der Waals surface area contributed by atoms with E-state index in [9.17, 15) is 18.0 Å². The number of nitrogens with one attached hydrogen (secondary N) is 2. The van der Waals surface area contributed by atoms with E-state index in [0.29, 0.717) is 36.5 Å². The molecule has 0 aromatic heterocycles. The predicted octanol–water partition coefficient (Wildman–Crippen LogP) is 2.00. The Kier molecular flexibility index (Phi) is 8.00. The van der Waals surface area contributed by atoms with Crippen LogP contribution in [0.15, 0.2) is 23.1 Å². The SMILES string of the molecule is C[C@H]1[C@H](C)CCC[C@H]1NC(=O)[C@@H](C)OC(=O)CCNS(=O)(=O)c1ccc2c(c1)OCCO2. The molecule has 1 saturated carbocycles. The van der Waals surface area contributed by atoms with Crippen LogP contribution in [0.25, 0.3) is 0 Å². The van der Waals surface area contributed by atoms with Crippen LogP contribution in [0.5, 0.6) is 11.5 Å². The molecule has 1 heterocycles. The summed E-state index contributed by atoms with van der Waals surface area (Å²) in [5.41, 5.74) is 0. The highest BCUT2D eigenvalue weighted by Gasteiger charge is 2.30. The van der Waals surface area contributed by atoms with Gasteiger partial charge in [0, 0.05) is 18.7 Å². The number of amides is 1. The van der Waals surface area contributed by atoms with Crippen LogP contribution in [0.3, 0.4) is 0 Å². The molecule has 1 aromatic carbocycles. The minimum absolute atomic E-state index is 0.0127. The topological polar surface area (TPSA) is 120 Å². The van der Waals surface area contributed by atoms with Gasteiger partial charge in [0.1, 0.15) is 13.2 Å². The van der Waals surface area contributed by atoms with Gasteiger partial charge in [-0.1, -0.05) is 26.7 Å². The zero-order valence-corrected chi connectivity index (χ0v) is 19.6. The summed E-state index contributed by atoms with van der Waals surface area (Å²) in [6.07, 6.45) is 1.99. The van der Waals surface area contributed by atoms with Crippen LogP contribution in [0.1, 0.15) is 46.5 Å². The highest BCUT2D eigenvalue weighted by atomic mass is 32.2. The van der Waals surface area contributed by atoms with Crippen LogP contribution in [0, 0.1) is 11.8 Å². The Morgan fingerprint density at radius 2 is 1.88 bits per heavy atom. The molecule has 0 saturated heterocycles. The summed E-state index contributed by atoms with van der Waals surface area (Å²) in [6.45, 7) is 6.43. The molecule has 0 radical (unpaired) electrons. The first-order chi connectivity index (χ1) is 15.2. The molecule has 0 spiro atoms. The van der Waals surface area contributed by atoms with Crippen molar-refractivity contribution >= 4 is 21.9 Å². The van der Waals surface area contributed by atoms with E-state index < -0.39 is 22.1 Å². The summed E-state index contributed by atoms with van der Waals surface area (Å²) in [4.78, 5) is 24.5. The smallest absolute Gasteiger partial charge is 0.307 e. The van der Waals surface area contributed by atoms with E-state index in [0.717, 1.165) is 19.3 Å². The molecule has 0 bridgehead atoms. The van der Waals surface area contributed by atoms with Gasteiger partial charge in [-0.3, -0.25) is 9.59 Å². The van der Waals surface area contributed by atoms with E-state index >= 15 is 0 Å². The lowest BCUT2D eigenvalue weighted by atomic mass is 9.78. The molecule has 1 amide bonds. The van der Waals surface area contributed by atoms with Crippen molar-refractivity contribution in [3.05, 3.63) is 18.2 Å². The standard InChI is InChI=1S/C22H32N2O7S/c1-14-5-4-6-18(15(14)2)24-22(26)16(3)31-21(25)9-10-23-32(27,28)17-7-8-19-20(13-17)30-12-11-29-19/h7-8,13-16,18,23H,4-6,9-12H2,1-3H3,(H,24,26)/t14-,15+,16-,18-/m1/s1. The number of hydrogen-bond acceptors (Lipinski definition) is 7. The Bertz CT molecular complexity index is 934. The van der Waals surface area contributed by atoms with Crippen LogP contribution in [-0.4, -0.2) is 52.2 Å². The van der Waals surface area contributed by atoms with E-state index in [4.69, 9.17) is 14.2 Å². The average Bonchev–Trinajstić information content (AvgIpc) is 2.76. The number of esters is 1. The number of carbonyl (C=O) groups is 2. The van der Waals surface area contributed by atoms with Gasteiger partial charge in [0.25, 0.3) is 5.91 Å². The maximum absolute atomic E-state index is 12.5. The van der Waals surface area contributed by atoms with E-state index in [1.165, 1.54) is 25.1 Å². The number of rotatable bonds is 8. The molecule has 178 valence electrons. The minimum atomic E-state index is -3.84. The third-order valence-electron chi connectivity index (χ3n) is 6.16. The van der Waals surface area contributed by atoms with Crippen LogP contribution >= 0.6 is 0 Å². The van der Waals surface area contributed by atoms with Crippen LogP contribution in [0.4, 0.5) is 0 Å². The summed E-state index contributed by atoms with van der Waals surface area (Å²) in [5.74, 6) is 0.770. The predicted molar refractivity (Wildman–Crippen MR) is 117 cm³/mol. The van der Waals surface area contributed by atoms with Gasteiger partial charge in [0.2, 0.25) is 10.0 Å². The van der Waals surface area contributed by atoms with Gasteiger partial charge in [-0.15, -0.1) is 0 Å². The molecule has 1 fully saturated rings. The van der Waals surface area contributed by atoms with Crippen molar-refractivity contribution in [2.75, 3.05) is 19.8 Å². The quantitative estimate of drug-likeness (QED) is 0.560. The van der Waals surface area contributed by atoms with Crippen molar-refractivity contribution in [3.8, 4) is 11.5 Å². The van der Waals surface area contributed by atoms with Crippen molar-refractivity contribution < 1.29 is 32.2 Å². The first kappa shape index (κ1) is 24.3. The van der Waals surface area contributed by atoms with Gasteiger partial charge in [0.15, 0.2) is 17.6 Å². The third kappa shape index (κ3) is 6.13. The van der Waals surface area contributed by atoms with Gasteiger partial charge in [0.05, 0.1) is 11.3 Å². The first-order valence-corrected chi connectivity index (χ1v) is 12.5. The van der Waals surface area contributed by atoms with E-state index in [1.54, 1.807) is 0 Å². The summed E-state index contributed by atoms with van der Waals surface area (Å²) >= 11 is 0. The second-order valence-electron chi connectivity index (χ2n) is 8.47. The summed E-state index contributed by atoms with van der Waals surface area (Å²) in [7, 11) is -3.84. The van der Waals surface area contributed by atoms with Crippen LogP contribution < -0.4 is 19.5 Å². The molecule has 2 N–H and O–H groups in total. The molecular weight excluding hydrogens is 436 g/mol.